The average molecular weight is 898 g/mol. The Balaban J connectivity index is 1.11. The van der Waals surface area contributed by atoms with Gasteiger partial charge < -0.3 is 39.4 Å². The van der Waals surface area contributed by atoms with Crippen LogP contribution in [0.3, 0.4) is 0 Å². The number of carboxylic acid groups (broad SMARTS) is 1. The number of nitrogens with zero attached hydrogens (tertiary/aromatic N) is 4. The number of aromatic hydroxyl groups is 1. The molecule has 14 nitrogen and oxygen atoms in total. The molecule has 65 heavy (non-hydrogen) atoms. The summed E-state index contributed by atoms with van der Waals surface area (Å²) in [5.74, 6) is -4.24. The molecule has 2 aromatic carbocycles. The van der Waals surface area contributed by atoms with Crippen molar-refractivity contribution < 1.29 is 37.7 Å². The van der Waals surface area contributed by atoms with Crippen LogP contribution in [0.4, 0.5) is 13.2 Å². The number of ether oxygens (including phenoxy) is 1. The summed E-state index contributed by atoms with van der Waals surface area (Å²) in [4.78, 5) is 63.3. The predicted octanol–water partition coefficient (Wildman–Crippen LogP) is 7.23. The number of nitrogens with one attached hydrogen (secondary N) is 3. The number of piperidine rings is 2. The number of pyridine rings is 2. The normalized spacial score (nSPS) is 17.6. The third-order valence-electron chi connectivity index (χ3n) is 13.4. The highest BCUT2D eigenvalue weighted by Gasteiger charge is 2.44. The number of esters is 1. The lowest BCUT2D eigenvalue weighted by Gasteiger charge is -2.36. The summed E-state index contributed by atoms with van der Waals surface area (Å²) in [6.45, 7) is 6.51. The summed E-state index contributed by atoms with van der Waals surface area (Å²) in [6, 6.07) is 13.6. The predicted molar refractivity (Wildman–Crippen MR) is 242 cm³/mol. The number of benzene rings is 2. The minimum Gasteiger partial charge on any atom is -0.506 e. The molecule has 0 saturated carbocycles. The van der Waals surface area contributed by atoms with Gasteiger partial charge in [0.2, 0.25) is 0 Å². The molecule has 2 aliphatic heterocycles. The fourth-order valence-corrected chi connectivity index (χ4v) is 9.91. The molecule has 0 amide bonds. The Morgan fingerprint density at radius 3 is 1.95 bits per heavy atom. The Morgan fingerprint density at radius 1 is 0.800 bits per heavy atom. The lowest BCUT2D eigenvalue weighted by atomic mass is 9.99. The molecule has 6 aromatic rings. The van der Waals surface area contributed by atoms with Crippen molar-refractivity contribution in [1.29, 1.82) is 0 Å². The fourth-order valence-electron chi connectivity index (χ4n) is 9.91. The van der Waals surface area contributed by atoms with Gasteiger partial charge >= 0.3 is 18.1 Å². The number of H-pyrrole nitrogens is 2. The van der Waals surface area contributed by atoms with Crippen LogP contribution in [-0.4, -0.2) is 96.0 Å². The maximum Gasteiger partial charge on any atom is 0.404 e. The molecular formula is C48H54F3N7O7. The van der Waals surface area contributed by atoms with E-state index in [9.17, 15) is 42.6 Å². The number of fused-ring (bicyclic) bond motifs is 2. The van der Waals surface area contributed by atoms with Crippen molar-refractivity contribution in [1.82, 2.24) is 34.2 Å². The van der Waals surface area contributed by atoms with Crippen LogP contribution in [0.15, 0.2) is 58.1 Å². The molecule has 2 fully saturated rings. The number of aryl methyl sites for hydroxylation is 2. The van der Waals surface area contributed by atoms with Gasteiger partial charge in [-0.15, -0.1) is 0 Å². The first-order valence-electron chi connectivity index (χ1n) is 22.1. The number of halogens is 3. The number of aromatic carboxylic acids is 1. The van der Waals surface area contributed by atoms with Gasteiger partial charge in [-0.05, 0) is 106 Å². The molecule has 0 radical (unpaired) electrons. The topological polar surface area (TPSA) is 178 Å². The second-order valence-electron chi connectivity index (χ2n) is 17.3. The Kier molecular flexibility index (Phi) is 12.6. The standard InChI is InChI=1S/C48H54F3N7O7/c1-6-33-40(26-13-15-36-29(19-26)22-32(56(36)5)25-58-18-9-8-12-37(58)48(49,50)51)53-44(60)38(42(33)59)47(64)65-43-34(7-2)41(54-45(61)39(43)46(62)63)27-14-16-35-28(20-27)21-31(55(35)4)24-57-17-10-11-30(23-57)52-3/h13-16,19-22,30,37,52H,6-12,17-18,23-25H2,1-5H3,(H,54,61)(H,62,63)(H2,53,59,60)/t30-,37?/m0/s1. The van der Waals surface area contributed by atoms with Crippen LogP contribution in [-0.2, 0) is 40.0 Å². The minimum absolute atomic E-state index is 0.0480. The summed E-state index contributed by atoms with van der Waals surface area (Å²) < 4.78 is 51.4. The number of hydrogen-bond donors (Lipinski definition) is 5. The number of alkyl halides is 3. The first-order valence-corrected chi connectivity index (χ1v) is 22.1. The molecule has 8 rings (SSSR count). The van der Waals surface area contributed by atoms with Crippen LogP contribution < -0.4 is 21.2 Å². The highest BCUT2D eigenvalue weighted by atomic mass is 19.4. The van der Waals surface area contributed by atoms with Gasteiger partial charge in [0.05, 0.1) is 11.4 Å². The second kappa shape index (κ2) is 18.0. The van der Waals surface area contributed by atoms with Crippen LogP contribution in [0.2, 0.25) is 0 Å². The largest absolute Gasteiger partial charge is 0.506 e. The number of carbonyl (C=O) groups is 2. The van der Waals surface area contributed by atoms with Crippen LogP contribution >= 0.6 is 0 Å². The van der Waals surface area contributed by atoms with E-state index in [-0.39, 0.29) is 48.3 Å². The summed E-state index contributed by atoms with van der Waals surface area (Å²) in [5.41, 5.74) is 1.67. The lowest BCUT2D eigenvalue weighted by molar-refractivity contribution is -0.192. The molecule has 2 saturated heterocycles. The number of rotatable bonds is 12. The molecular weight excluding hydrogens is 844 g/mol. The number of likely N-dealkylation sites (tertiary alicyclic amines) is 2. The van der Waals surface area contributed by atoms with Crippen LogP contribution in [0, 0.1) is 0 Å². The van der Waals surface area contributed by atoms with Crippen LogP contribution in [0.5, 0.6) is 11.5 Å². The van der Waals surface area contributed by atoms with Crippen molar-refractivity contribution in [3.63, 3.8) is 0 Å². The maximum atomic E-state index is 14.1. The first kappa shape index (κ1) is 45.4. The SMILES string of the molecule is CCc1c(-c2ccc3c(c2)cc(CN2CCCCC2C(F)(F)F)n3C)[nH]c(=O)c(C(=O)Oc2c(CC)c(-c3ccc4c(c3)cc(CN3CCC[C@H](NC)C3)n4C)[nH]c(=O)c2C(=O)O)c1O. The molecule has 17 heteroatoms. The van der Waals surface area contributed by atoms with Crippen molar-refractivity contribution in [3.05, 3.63) is 103 Å². The number of hydrogen-bond acceptors (Lipinski definition) is 9. The monoisotopic (exact) mass is 897 g/mol. The van der Waals surface area contributed by atoms with Gasteiger partial charge in [-0.3, -0.25) is 19.4 Å². The van der Waals surface area contributed by atoms with Gasteiger partial charge in [0, 0.05) is 84.1 Å². The summed E-state index contributed by atoms with van der Waals surface area (Å²) >= 11 is 0. The van der Waals surface area contributed by atoms with E-state index in [0.29, 0.717) is 47.6 Å². The molecule has 344 valence electrons. The number of aromatic nitrogens is 4. The van der Waals surface area contributed by atoms with E-state index in [1.165, 1.54) is 4.90 Å². The Bertz CT molecular complexity index is 2950. The van der Waals surface area contributed by atoms with E-state index in [1.54, 1.807) is 45.2 Å². The van der Waals surface area contributed by atoms with E-state index in [2.05, 4.69) is 30.8 Å². The molecule has 5 N–H and O–H groups in total. The Hall–Kier alpha value is -6.17. The Labute approximate surface area is 372 Å². The summed E-state index contributed by atoms with van der Waals surface area (Å²) in [6.07, 6.45) is -0.629. The van der Waals surface area contributed by atoms with Crippen molar-refractivity contribution in [2.24, 2.45) is 14.1 Å². The highest BCUT2D eigenvalue weighted by Crippen LogP contribution is 2.38. The van der Waals surface area contributed by atoms with E-state index in [1.807, 2.05) is 36.9 Å². The number of aromatic amines is 2. The molecule has 6 heterocycles. The highest BCUT2D eigenvalue weighted by molar-refractivity contribution is 5.99. The third kappa shape index (κ3) is 8.59. The second-order valence-corrected chi connectivity index (χ2v) is 17.3. The van der Waals surface area contributed by atoms with E-state index < -0.39 is 57.9 Å². The van der Waals surface area contributed by atoms with Gasteiger partial charge in [-0.25, -0.2) is 9.59 Å². The van der Waals surface area contributed by atoms with Crippen molar-refractivity contribution in [2.75, 3.05) is 26.7 Å². The van der Waals surface area contributed by atoms with Crippen molar-refractivity contribution >= 4 is 33.7 Å². The van der Waals surface area contributed by atoms with Crippen molar-refractivity contribution in [3.8, 4) is 34.0 Å². The van der Waals surface area contributed by atoms with Gasteiger partial charge in [-0.2, -0.15) is 13.2 Å². The van der Waals surface area contributed by atoms with E-state index in [4.69, 9.17) is 4.74 Å². The quantitative estimate of drug-likeness (QED) is 0.0788. The lowest BCUT2D eigenvalue weighted by Crippen LogP contribution is -2.48. The molecule has 1 unspecified atom stereocenters. The van der Waals surface area contributed by atoms with Gasteiger partial charge in [0.25, 0.3) is 11.1 Å². The van der Waals surface area contributed by atoms with Gasteiger partial charge in [-0.1, -0.05) is 32.4 Å². The Morgan fingerprint density at radius 2 is 1.38 bits per heavy atom. The van der Waals surface area contributed by atoms with Gasteiger partial charge in [0.15, 0.2) is 16.9 Å². The molecule has 0 bridgehead atoms. The number of carbonyl (C=O) groups excluding carboxylic acids is 1. The van der Waals surface area contributed by atoms with Crippen LogP contribution in [0.1, 0.15) is 89.2 Å². The molecule has 2 aliphatic rings. The zero-order chi connectivity index (χ0) is 46.5. The third-order valence-corrected chi connectivity index (χ3v) is 13.4. The van der Waals surface area contributed by atoms with Crippen LogP contribution in [0.25, 0.3) is 44.3 Å². The van der Waals surface area contributed by atoms with E-state index in [0.717, 1.165) is 54.6 Å². The maximum absolute atomic E-state index is 14.1. The first-order chi connectivity index (χ1) is 31.0. The fraction of sp³-hybridized carbons (Fsp3) is 0.417. The van der Waals surface area contributed by atoms with Crippen molar-refractivity contribution in [2.45, 2.75) is 90.1 Å². The average Bonchev–Trinajstić information content (AvgIpc) is 3.75. The molecule has 4 aromatic heterocycles. The van der Waals surface area contributed by atoms with Gasteiger partial charge in [0.1, 0.15) is 11.8 Å². The molecule has 0 spiro atoms. The van der Waals surface area contributed by atoms with E-state index >= 15 is 0 Å². The molecule has 0 aliphatic carbocycles. The number of likely N-dealkylation sites (N-methyl/N-ethyl adjacent to an activating group) is 1. The molecule has 2 atom stereocenters. The summed E-state index contributed by atoms with van der Waals surface area (Å²) in [5, 5.41) is 26.8. The minimum atomic E-state index is -4.34. The zero-order valence-corrected chi connectivity index (χ0v) is 37.1. The smallest absolute Gasteiger partial charge is 0.404 e. The number of carboxylic acids is 1. The summed E-state index contributed by atoms with van der Waals surface area (Å²) in [7, 11) is 5.76. The zero-order valence-electron chi connectivity index (χ0n) is 37.1.